The molecule has 0 bridgehead atoms. The third kappa shape index (κ3) is 2.43. The number of carbonyl (C=O) groups excluding carboxylic acids is 2. The summed E-state index contributed by atoms with van der Waals surface area (Å²) in [6, 6.07) is 8.15. The second kappa shape index (κ2) is 6.36. The highest BCUT2D eigenvalue weighted by Gasteiger charge is 2.50. The fourth-order valence-electron chi connectivity index (χ4n) is 4.56. The van der Waals surface area contributed by atoms with Gasteiger partial charge < -0.3 is 0 Å². The lowest BCUT2D eigenvalue weighted by Crippen LogP contribution is -2.21. The second-order valence-corrected chi connectivity index (χ2v) is 6.88. The highest BCUT2D eigenvalue weighted by atomic mass is 16.2. The summed E-state index contributed by atoms with van der Waals surface area (Å²) in [5.41, 5.74) is 2.22. The topological polar surface area (TPSA) is 34.1 Å². The first-order valence-corrected chi connectivity index (χ1v) is 8.85. The molecule has 2 fully saturated rings. The van der Waals surface area contributed by atoms with E-state index in [9.17, 15) is 9.59 Å². The van der Waals surface area contributed by atoms with E-state index in [0.717, 1.165) is 44.1 Å². The van der Waals surface area contributed by atoms with E-state index in [0.29, 0.717) is 5.92 Å². The summed E-state index contributed by atoms with van der Waals surface area (Å²) in [6.07, 6.45) is 6.13. The normalized spacial score (nSPS) is 28.2. The van der Waals surface area contributed by atoms with Crippen LogP contribution < -0.4 is 0 Å². The van der Waals surface area contributed by atoms with Gasteiger partial charge >= 0.3 is 0 Å². The summed E-state index contributed by atoms with van der Waals surface area (Å²) in [5, 5.41) is 0. The molecule has 0 saturated heterocycles. The van der Waals surface area contributed by atoms with Gasteiger partial charge in [0.05, 0.1) is 0 Å². The van der Waals surface area contributed by atoms with Crippen LogP contribution in [0, 0.1) is 11.8 Å². The van der Waals surface area contributed by atoms with Crippen molar-refractivity contribution < 1.29 is 9.59 Å². The molecule has 0 aromatic heterocycles. The molecule has 0 radical (unpaired) electrons. The van der Waals surface area contributed by atoms with Gasteiger partial charge in [-0.1, -0.05) is 51.0 Å². The van der Waals surface area contributed by atoms with E-state index < -0.39 is 5.92 Å². The molecule has 0 spiro atoms. The van der Waals surface area contributed by atoms with E-state index in [2.05, 4.69) is 19.9 Å². The van der Waals surface area contributed by atoms with Gasteiger partial charge in [0.2, 0.25) is 0 Å². The van der Waals surface area contributed by atoms with Crippen molar-refractivity contribution in [2.45, 2.75) is 64.2 Å². The molecule has 1 aromatic rings. The molecule has 0 aliphatic heterocycles. The predicted octanol–water partition coefficient (Wildman–Crippen LogP) is 4.63. The summed E-state index contributed by atoms with van der Waals surface area (Å²) in [5.74, 6) is 0.368. The highest BCUT2D eigenvalue weighted by molar-refractivity contribution is 6.16. The number of hydrogen-bond acceptors (Lipinski definition) is 2. The number of ketones is 2. The maximum atomic E-state index is 12.9. The summed E-state index contributed by atoms with van der Waals surface area (Å²) in [7, 11) is 0. The van der Waals surface area contributed by atoms with Crippen molar-refractivity contribution in [3.8, 4) is 0 Å². The first kappa shape index (κ1) is 15.5. The molecule has 0 heterocycles. The van der Waals surface area contributed by atoms with Crippen molar-refractivity contribution >= 4 is 11.6 Å². The molecule has 2 atom stereocenters. The Kier molecular flexibility index (Phi) is 4.46. The summed E-state index contributed by atoms with van der Waals surface area (Å²) in [6.45, 7) is 4.37. The molecule has 0 amide bonds. The van der Waals surface area contributed by atoms with Crippen LogP contribution in [0.25, 0.3) is 0 Å². The van der Waals surface area contributed by atoms with Crippen LogP contribution in [0.5, 0.6) is 0 Å². The first-order valence-electron chi connectivity index (χ1n) is 8.85. The molecular weight excluding hydrogens is 272 g/mol. The van der Waals surface area contributed by atoms with Crippen LogP contribution in [0.1, 0.15) is 75.3 Å². The second-order valence-electron chi connectivity index (χ2n) is 6.88. The number of benzene rings is 1. The molecular formula is C20H26O2. The number of carbonyl (C=O) groups is 2. The van der Waals surface area contributed by atoms with Gasteiger partial charge in [-0.15, -0.1) is 0 Å². The van der Waals surface area contributed by atoms with Crippen molar-refractivity contribution in [1.29, 1.82) is 0 Å². The van der Waals surface area contributed by atoms with Crippen molar-refractivity contribution in [3.63, 3.8) is 0 Å². The van der Waals surface area contributed by atoms with Crippen molar-refractivity contribution in [2.75, 3.05) is 0 Å². The lowest BCUT2D eigenvalue weighted by atomic mass is 9.81. The molecule has 2 heteroatoms. The zero-order chi connectivity index (χ0) is 15.7. The summed E-state index contributed by atoms with van der Waals surface area (Å²) >= 11 is 0. The van der Waals surface area contributed by atoms with Crippen molar-refractivity contribution in [2.24, 2.45) is 11.8 Å². The number of fused-ring (bicyclic) bond motifs is 1. The van der Waals surface area contributed by atoms with Gasteiger partial charge in [0.25, 0.3) is 0 Å². The lowest BCUT2D eigenvalue weighted by Gasteiger charge is -2.21. The van der Waals surface area contributed by atoms with Crippen LogP contribution in [0.15, 0.2) is 24.3 Å². The van der Waals surface area contributed by atoms with Crippen LogP contribution in [0.2, 0.25) is 0 Å². The Morgan fingerprint density at radius 2 is 1.50 bits per heavy atom. The van der Waals surface area contributed by atoms with Gasteiger partial charge in [-0.2, -0.15) is 0 Å². The Balaban J connectivity index is 2.00. The van der Waals surface area contributed by atoms with Crippen molar-refractivity contribution in [3.05, 3.63) is 35.4 Å². The largest absolute Gasteiger partial charge is 0.298 e. The minimum Gasteiger partial charge on any atom is -0.298 e. The maximum Gasteiger partial charge on any atom is 0.151 e. The first-order chi connectivity index (χ1) is 10.7. The average Bonchev–Trinajstić information content (AvgIpc) is 2.81. The van der Waals surface area contributed by atoms with Crippen LogP contribution >= 0.6 is 0 Å². The average molecular weight is 298 g/mol. The van der Waals surface area contributed by atoms with Gasteiger partial charge in [0, 0.05) is 11.8 Å². The minimum absolute atomic E-state index is 0.000934. The molecule has 118 valence electrons. The van der Waals surface area contributed by atoms with E-state index >= 15 is 0 Å². The molecule has 22 heavy (non-hydrogen) atoms. The Labute approximate surface area is 133 Å². The Bertz CT molecular complexity index is 547. The molecule has 2 nitrogen and oxygen atoms in total. The lowest BCUT2D eigenvalue weighted by molar-refractivity contribution is -0.125. The Hall–Kier alpha value is -1.44. The molecule has 3 rings (SSSR count). The molecule has 0 N–H and O–H groups in total. The fourth-order valence-corrected chi connectivity index (χ4v) is 4.56. The SMILES string of the molecule is CCC(CC)c1ccccc1C1C(=O)C2CCCCC2C1=O. The summed E-state index contributed by atoms with van der Waals surface area (Å²) < 4.78 is 0. The predicted molar refractivity (Wildman–Crippen MR) is 88.0 cm³/mol. The number of hydrogen-bond donors (Lipinski definition) is 0. The van der Waals surface area contributed by atoms with Crippen LogP contribution in [-0.4, -0.2) is 11.6 Å². The van der Waals surface area contributed by atoms with E-state index in [-0.39, 0.29) is 23.4 Å². The van der Waals surface area contributed by atoms with Crippen LogP contribution in [0.3, 0.4) is 0 Å². The third-order valence-corrected chi connectivity index (χ3v) is 5.80. The van der Waals surface area contributed by atoms with Crippen LogP contribution in [0.4, 0.5) is 0 Å². The van der Waals surface area contributed by atoms with E-state index in [1.165, 1.54) is 5.56 Å². The number of Topliss-reactive ketones (excluding diaryl/α,β-unsaturated/α-hetero) is 2. The van der Waals surface area contributed by atoms with Gasteiger partial charge in [0.15, 0.2) is 11.6 Å². The van der Waals surface area contributed by atoms with Gasteiger partial charge in [0.1, 0.15) is 5.92 Å². The number of rotatable bonds is 4. The van der Waals surface area contributed by atoms with Crippen LogP contribution in [-0.2, 0) is 9.59 Å². The summed E-state index contributed by atoms with van der Waals surface area (Å²) in [4.78, 5) is 25.8. The Morgan fingerprint density at radius 1 is 0.955 bits per heavy atom. The zero-order valence-corrected chi connectivity index (χ0v) is 13.7. The smallest absolute Gasteiger partial charge is 0.151 e. The fraction of sp³-hybridized carbons (Fsp3) is 0.600. The minimum atomic E-state index is -0.482. The molecule has 2 aliphatic rings. The quantitative estimate of drug-likeness (QED) is 0.759. The zero-order valence-electron chi connectivity index (χ0n) is 13.7. The van der Waals surface area contributed by atoms with Gasteiger partial charge in [-0.05, 0) is 42.7 Å². The van der Waals surface area contributed by atoms with E-state index in [1.54, 1.807) is 0 Å². The monoisotopic (exact) mass is 298 g/mol. The Morgan fingerprint density at radius 3 is 2.05 bits per heavy atom. The maximum absolute atomic E-state index is 12.9. The highest BCUT2D eigenvalue weighted by Crippen LogP contribution is 2.45. The molecule has 2 unspecified atom stereocenters. The van der Waals surface area contributed by atoms with E-state index in [1.807, 2.05) is 18.2 Å². The van der Waals surface area contributed by atoms with Crippen molar-refractivity contribution in [1.82, 2.24) is 0 Å². The van der Waals surface area contributed by atoms with E-state index in [4.69, 9.17) is 0 Å². The molecule has 1 aromatic carbocycles. The third-order valence-electron chi connectivity index (χ3n) is 5.80. The van der Waals surface area contributed by atoms with Gasteiger partial charge in [-0.25, -0.2) is 0 Å². The molecule has 2 aliphatic carbocycles. The van der Waals surface area contributed by atoms with Gasteiger partial charge in [-0.3, -0.25) is 9.59 Å². The molecule has 2 saturated carbocycles. The standard InChI is InChI=1S/C20H26O2/c1-3-13(4-2)14-9-5-6-10-15(14)18-19(21)16-11-7-8-12-17(16)20(18)22/h5-6,9-10,13,16-18H,3-4,7-8,11-12H2,1-2H3.